The molecule has 0 bridgehead atoms. The maximum Gasteiger partial charge on any atom is 0.129 e. The molecule has 2 heterocycles. The van der Waals surface area contributed by atoms with Crippen LogP contribution in [0.4, 0.5) is 10.7 Å². The molecule has 0 saturated carbocycles. The van der Waals surface area contributed by atoms with Crippen molar-refractivity contribution in [1.29, 1.82) is 5.26 Å². The van der Waals surface area contributed by atoms with Gasteiger partial charge in [0.2, 0.25) is 0 Å². The lowest BCUT2D eigenvalue weighted by atomic mass is 10.2. The van der Waals surface area contributed by atoms with Gasteiger partial charge in [0.05, 0.1) is 10.7 Å². The summed E-state index contributed by atoms with van der Waals surface area (Å²) in [4.78, 5) is 6.62. The summed E-state index contributed by atoms with van der Waals surface area (Å²) >= 11 is 1.41. The number of rotatable bonds is 3. The Hall–Kier alpha value is -2.06. The predicted molar refractivity (Wildman–Crippen MR) is 69.8 cm³/mol. The summed E-state index contributed by atoms with van der Waals surface area (Å²) < 4.78 is 0. The second-order valence-electron chi connectivity index (χ2n) is 3.69. The van der Waals surface area contributed by atoms with Crippen molar-refractivity contribution in [1.82, 2.24) is 4.98 Å². The molecule has 0 saturated heterocycles. The summed E-state index contributed by atoms with van der Waals surface area (Å²) in [6.07, 6.45) is 3.54. The SMILES string of the molecule is CN(Cc1ccncc1)c1cc(N)c(C#N)s1. The molecule has 0 aliphatic carbocycles. The number of aromatic nitrogens is 1. The summed E-state index contributed by atoms with van der Waals surface area (Å²) in [6.45, 7) is 0.771. The van der Waals surface area contributed by atoms with E-state index < -0.39 is 0 Å². The van der Waals surface area contributed by atoms with Crippen molar-refractivity contribution in [3.63, 3.8) is 0 Å². The van der Waals surface area contributed by atoms with E-state index in [-0.39, 0.29) is 0 Å². The van der Waals surface area contributed by atoms with E-state index in [0.29, 0.717) is 10.6 Å². The Morgan fingerprint density at radius 2 is 2.18 bits per heavy atom. The van der Waals surface area contributed by atoms with Crippen LogP contribution in [0, 0.1) is 11.3 Å². The van der Waals surface area contributed by atoms with E-state index in [2.05, 4.69) is 16.0 Å². The van der Waals surface area contributed by atoms with Crippen LogP contribution in [0.15, 0.2) is 30.6 Å². The first-order valence-corrected chi connectivity index (χ1v) is 5.92. The monoisotopic (exact) mass is 244 g/mol. The van der Waals surface area contributed by atoms with Gasteiger partial charge in [-0.1, -0.05) is 0 Å². The third-order valence-corrected chi connectivity index (χ3v) is 3.56. The van der Waals surface area contributed by atoms with Gasteiger partial charge in [-0.25, -0.2) is 0 Å². The summed E-state index contributed by atoms with van der Waals surface area (Å²) in [5.41, 5.74) is 7.46. The van der Waals surface area contributed by atoms with Crippen LogP contribution < -0.4 is 10.6 Å². The highest BCUT2D eigenvalue weighted by Gasteiger charge is 2.09. The van der Waals surface area contributed by atoms with Crippen LogP contribution in [0.1, 0.15) is 10.4 Å². The average Bonchev–Trinajstić information content (AvgIpc) is 2.72. The zero-order chi connectivity index (χ0) is 12.3. The molecule has 0 aromatic carbocycles. The van der Waals surface area contributed by atoms with E-state index in [1.165, 1.54) is 16.9 Å². The lowest BCUT2D eigenvalue weighted by Crippen LogP contribution is -2.14. The molecule has 17 heavy (non-hydrogen) atoms. The molecule has 0 aliphatic heterocycles. The van der Waals surface area contributed by atoms with Crippen molar-refractivity contribution in [3.05, 3.63) is 41.0 Å². The first-order valence-electron chi connectivity index (χ1n) is 5.10. The summed E-state index contributed by atoms with van der Waals surface area (Å²) in [7, 11) is 1.98. The Bertz CT molecular complexity index is 541. The van der Waals surface area contributed by atoms with Crippen molar-refractivity contribution in [2.45, 2.75) is 6.54 Å². The standard InChI is InChI=1S/C12H12N4S/c1-16(8-9-2-4-15-5-3-9)12-6-10(14)11(7-13)17-12/h2-6H,8,14H2,1H3. The van der Waals surface area contributed by atoms with Crippen LogP contribution in [0.3, 0.4) is 0 Å². The number of nitrogen functional groups attached to an aromatic ring is 1. The highest BCUT2D eigenvalue weighted by atomic mass is 32.1. The maximum absolute atomic E-state index is 8.86. The van der Waals surface area contributed by atoms with E-state index in [0.717, 1.165) is 11.5 Å². The van der Waals surface area contributed by atoms with Crippen LogP contribution in [-0.4, -0.2) is 12.0 Å². The second kappa shape index (κ2) is 4.85. The van der Waals surface area contributed by atoms with Gasteiger partial charge in [-0.3, -0.25) is 4.98 Å². The number of nitriles is 1. The van der Waals surface area contributed by atoms with Crippen LogP contribution in [0.25, 0.3) is 0 Å². The fourth-order valence-electron chi connectivity index (χ4n) is 1.51. The fraction of sp³-hybridized carbons (Fsp3) is 0.167. The Kier molecular flexibility index (Phi) is 3.26. The molecule has 2 aromatic rings. The van der Waals surface area contributed by atoms with Gasteiger partial charge in [0, 0.05) is 26.0 Å². The maximum atomic E-state index is 8.86. The molecular weight excluding hydrogens is 232 g/mol. The van der Waals surface area contributed by atoms with Crippen LogP contribution in [-0.2, 0) is 6.54 Å². The normalized spacial score (nSPS) is 9.88. The van der Waals surface area contributed by atoms with E-state index in [4.69, 9.17) is 11.0 Å². The van der Waals surface area contributed by atoms with Gasteiger partial charge >= 0.3 is 0 Å². The van der Waals surface area contributed by atoms with Crippen molar-refractivity contribution in [2.75, 3.05) is 17.7 Å². The average molecular weight is 244 g/mol. The fourth-order valence-corrected chi connectivity index (χ4v) is 2.34. The number of hydrogen-bond acceptors (Lipinski definition) is 5. The Morgan fingerprint density at radius 3 is 2.76 bits per heavy atom. The molecule has 0 atom stereocenters. The topological polar surface area (TPSA) is 65.9 Å². The van der Waals surface area contributed by atoms with E-state index in [9.17, 15) is 0 Å². The second-order valence-corrected chi connectivity index (χ2v) is 4.72. The third-order valence-electron chi connectivity index (χ3n) is 2.39. The van der Waals surface area contributed by atoms with E-state index >= 15 is 0 Å². The molecule has 0 spiro atoms. The Balaban J connectivity index is 2.15. The van der Waals surface area contributed by atoms with Crippen LogP contribution >= 0.6 is 11.3 Å². The molecule has 0 fully saturated rings. The predicted octanol–water partition coefficient (Wildman–Crippen LogP) is 2.23. The van der Waals surface area contributed by atoms with Crippen molar-refractivity contribution in [3.8, 4) is 6.07 Å². The van der Waals surface area contributed by atoms with Gasteiger partial charge in [-0.15, -0.1) is 11.3 Å². The number of nitrogens with zero attached hydrogens (tertiary/aromatic N) is 3. The van der Waals surface area contributed by atoms with Gasteiger partial charge in [-0.05, 0) is 23.8 Å². The molecule has 2 aromatic heterocycles. The Labute approximate surface area is 104 Å². The number of thiophene rings is 1. The minimum absolute atomic E-state index is 0.550. The number of hydrogen-bond donors (Lipinski definition) is 1. The summed E-state index contributed by atoms with van der Waals surface area (Å²) in [5, 5.41) is 9.85. The molecule has 0 unspecified atom stereocenters. The van der Waals surface area contributed by atoms with E-state index in [1.807, 2.05) is 25.2 Å². The molecule has 5 heteroatoms. The Morgan fingerprint density at radius 1 is 1.47 bits per heavy atom. The molecule has 0 radical (unpaired) electrons. The van der Waals surface area contributed by atoms with Gasteiger partial charge < -0.3 is 10.6 Å². The molecule has 0 aliphatic rings. The minimum Gasteiger partial charge on any atom is -0.397 e. The summed E-state index contributed by atoms with van der Waals surface area (Å²) in [5.74, 6) is 0. The highest BCUT2D eigenvalue weighted by Crippen LogP contribution is 2.31. The van der Waals surface area contributed by atoms with Crippen molar-refractivity contribution >= 4 is 22.0 Å². The lowest BCUT2D eigenvalue weighted by Gasteiger charge is -2.16. The minimum atomic E-state index is 0.550. The molecule has 86 valence electrons. The van der Waals surface area contributed by atoms with Gasteiger partial charge in [-0.2, -0.15) is 5.26 Å². The zero-order valence-corrected chi connectivity index (χ0v) is 10.2. The lowest BCUT2D eigenvalue weighted by molar-refractivity contribution is 0.931. The number of pyridine rings is 1. The van der Waals surface area contributed by atoms with Gasteiger partial charge in [0.1, 0.15) is 10.9 Å². The van der Waals surface area contributed by atoms with E-state index in [1.54, 1.807) is 12.4 Å². The summed E-state index contributed by atoms with van der Waals surface area (Å²) in [6, 6.07) is 7.87. The first kappa shape index (κ1) is 11.4. The smallest absolute Gasteiger partial charge is 0.129 e. The number of nitrogens with two attached hydrogens (primary N) is 1. The largest absolute Gasteiger partial charge is 0.397 e. The van der Waals surface area contributed by atoms with Crippen molar-refractivity contribution < 1.29 is 0 Å². The third kappa shape index (κ3) is 2.55. The molecule has 4 nitrogen and oxygen atoms in total. The molecule has 2 N–H and O–H groups in total. The van der Waals surface area contributed by atoms with Crippen LogP contribution in [0.2, 0.25) is 0 Å². The zero-order valence-electron chi connectivity index (χ0n) is 9.42. The molecule has 0 amide bonds. The van der Waals surface area contributed by atoms with Gasteiger partial charge in [0.25, 0.3) is 0 Å². The number of anilines is 2. The van der Waals surface area contributed by atoms with Gasteiger partial charge in [0.15, 0.2) is 0 Å². The molecule has 2 rings (SSSR count). The van der Waals surface area contributed by atoms with Crippen LogP contribution in [0.5, 0.6) is 0 Å². The molecular formula is C12H12N4S. The van der Waals surface area contributed by atoms with Crippen molar-refractivity contribution in [2.24, 2.45) is 0 Å². The highest BCUT2D eigenvalue weighted by molar-refractivity contribution is 7.17. The quantitative estimate of drug-likeness (QED) is 0.899. The first-order chi connectivity index (χ1) is 8.20.